The van der Waals surface area contributed by atoms with E-state index < -0.39 is 6.04 Å². The molecule has 6 nitrogen and oxygen atoms in total. The monoisotopic (exact) mass is 644 g/mol. The Hall–Kier alpha value is -1.88. The first-order valence-corrected chi connectivity index (χ1v) is 13.7. The first-order chi connectivity index (χ1) is 16.8. The molecule has 2 aliphatic heterocycles. The second-order valence-electron chi connectivity index (χ2n) is 7.61. The Morgan fingerprint density at radius 2 is 1.97 bits per heavy atom. The van der Waals surface area contributed by atoms with Crippen molar-refractivity contribution in [2.75, 3.05) is 13.2 Å². The number of nitrogens with zero attached hydrogens (tertiary/aromatic N) is 2. The Morgan fingerprint density at radius 1 is 1.17 bits per heavy atom. The van der Waals surface area contributed by atoms with Crippen molar-refractivity contribution in [1.82, 2.24) is 4.90 Å². The highest BCUT2D eigenvalue weighted by Gasteiger charge is 2.38. The van der Waals surface area contributed by atoms with Crippen LogP contribution in [0.15, 0.2) is 58.2 Å². The maximum atomic E-state index is 13.0. The molecule has 0 spiro atoms. The number of aliphatic imine (C=N–C) groups is 1. The number of ether oxygens (including phenoxy) is 3. The van der Waals surface area contributed by atoms with Gasteiger partial charge < -0.3 is 19.1 Å². The van der Waals surface area contributed by atoms with Gasteiger partial charge in [0.15, 0.2) is 16.7 Å². The Morgan fingerprint density at radius 3 is 2.69 bits per heavy atom. The van der Waals surface area contributed by atoms with Crippen LogP contribution >= 0.6 is 57.6 Å². The summed E-state index contributed by atoms with van der Waals surface area (Å²) in [6, 6.07) is 8.82. The van der Waals surface area contributed by atoms with Gasteiger partial charge in [0.05, 0.1) is 34.1 Å². The van der Waals surface area contributed by atoms with Gasteiger partial charge in [-0.1, -0.05) is 41.0 Å². The van der Waals surface area contributed by atoms with Crippen molar-refractivity contribution in [3.8, 4) is 11.5 Å². The molecule has 0 N–H and O–H groups in total. The fourth-order valence-electron chi connectivity index (χ4n) is 3.84. The molecule has 0 fully saturated rings. The van der Waals surface area contributed by atoms with Crippen molar-refractivity contribution < 1.29 is 19.0 Å². The minimum absolute atomic E-state index is 0.254. The maximum Gasteiger partial charge on any atom is 0.338 e. The molecule has 2 heterocycles. The highest BCUT2D eigenvalue weighted by Crippen LogP contribution is 2.45. The summed E-state index contributed by atoms with van der Waals surface area (Å²) in [5, 5.41) is 3.87. The summed E-state index contributed by atoms with van der Waals surface area (Å²) in [4.78, 5) is 19.6. The highest BCUT2D eigenvalue weighted by atomic mass is 127. The van der Waals surface area contributed by atoms with E-state index in [0.29, 0.717) is 39.4 Å². The van der Waals surface area contributed by atoms with Crippen LogP contribution in [0, 0.1) is 3.57 Å². The van der Waals surface area contributed by atoms with Crippen molar-refractivity contribution >= 4 is 68.7 Å². The van der Waals surface area contributed by atoms with Crippen LogP contribution in [0.25, 0.3) is 0 Å². The number of halogens is 3. The van der Waals surface area contributed by atoms with Crippen molar-refractivity contribution in [3.63, 3.8) is 0 Å². The number of allylic oxidation sites excluding steroid dienone is 1. The lowest BCUT2D eigenvalue weighted by atomic mass is 9.94. The number of carbonyl (C=O) groups excluding carboxylic acids is 1. The van der Waals surface area contributed by atoms with E-state index >= 15 is 0 Å². The summed E-state index contributed by atoms with van der Waals surface area (Å²) in [5.74, 6) is 0.811. The molecule has 2 aromatic rings. The van der Waals surface area contributed by atoms with Crippen LogP contribution in [0.3, 0.4) is 0 Å². The molecule has 10 heteroatoms. The predicted molar refractivity (Wildman–Crippen MR) is 149 cm³/mol. The SMILES string of the molecule is CCOC(=O)C1=C(C)N=C2SC=CN2[C@H]1c1cc(I)c(OCc2ccc(Cl)cc2Cl)c(OCC)c1. The van der Waals surface area contributed by atoms with Gasteiger partial charge in [0, 0.05) is 21.8 Å². The lowest BCUT2D eigenvalue weighted by Gasteiger charge is -2.33. The molecule has 0 saturated carbocycles. The van der Waals surface area contributed by atoms with E-state index in [9.17, 15) is 4.79 Å². The number of rotatable bonds is 8. The summed E-state index contributed by atoms with van der Waals surface area (Å²) >= 11 is 16.1. The average molecular weight is 645 g/mol. The van der Waals surface area contributed by atoms with Gasteiger partial charge in [0.25, 0.3) is 0 Å². The zero-order valence-corrected chi connectivity index (χ0v) is 23.8. The van der Waals surface area contributed by atoms with Crippen LogP contribution in [-0.4, -0.2) is 29.3 Å². The van der Waals surface area contributed by atoms with Gasteiger partial charge in [-0.3, -0.25) is 0 Å². The quantitative estimate of drug-likeness (QED) is 0.221. The topological polar surface area (TPSA) is 60.4 Å². The summed E-state index contributed by atoms with van der Waals surface area (Å²) in [7, 11) is 0. The number of benzene rings is 2. The van der Waals surface area contributed by atoms with Crippen molar-refractivity contribution in [3.05, 3.63) is 78.0 Å². The largest absolute Gasteiger partial charge is 0.490 e. The molecule has 35 heavy (non-hydrogen) atoms. The van der Waals surface area contributed by atoms with Crippen LogP contribution in [0.2, 0.25) is 10.0 Å². The fourth-order valence-corrected chi connectivity index (χ4v) is 5.87. The summed E-state index contributed by atoms with van der Waals surface area (Å²) in [6.07, 6.45) is 1.93. The third-order valence-corrected chi connectivity index (χ3v) is 7.51. The van der Waals surface area contributed by atoms with Crippen LogP contribution in [0.1, 0.15) is 37.9 Å². The zero-order valence-electron chi connectivity index (χ0n) is 19.3. The molecule has 0 amide bonds. The van der Waals surface area contributed by atoms with Crippen molar-refractivity contribution in [1.29, 1.82) is 0 Å². The Bertz CT molecular complexity index is 1250. The second-order valence-corrected chi connectivity index (χ2v) is 10.5. The summed E-state index contributed by atoms with van der Waals surface area (Å²) in [5.41, 5.74) is 2.83. The fraction of sp³-hybridized carbons (Fsp3) is 0.280. The molecule has 4 rings (SSSR count). The standard InChI is InChI=1S/C25H23Cl2IN2O4S/c1-4-32-20-11-16(10-19(28)23(20)34-13-15-6-7-17(26)12-18(15)27)22-21(24(31)33-5-2)14(3)29-25-30(22)8-9-35-25/h6-12,22H,4-5,13H2,1-3H3/t22-/m0/s1. The number of thioether (sulfide) groups is 1. The van der Waals surface area contributed by atoms with E-state index in [1.165, 1.54) is 11.8 Å². The third kappa shape index (κ3) is 5.60. The van der Waals surface area contributed by atoms with E-state index in [1.54, 1.807) is 19.1 Å². The molecule has 2 aromatic carbocycles. The zero-order chi connectivity index (χ0) is 25.1. The first kappa shape index (κ1) is 26.2. The van der Waals surface area contributed by atoms with E-state index in [2.05, 4.69) is 27.6 Å². The Labute approximate surface area is 232 Å². The minimum Gasteiger partial charge on any atom is -0.490 e. The van der Waals surface area contributed by atoms with Crippen LogP contribution < -0.4 is 9.47 Å². The Kier molecular flexibility index (Phi) is 8.57. The molecule has 0 unspecified atom stereocenters. The number of amidine groups is 1. The molecule has 184 valence electrons. The normalized spacial score (nSPS) is 16.8. The average Bonchev–Trinajstić information content (AvgIpc) is 3.27. The smallest absolute Gasteiger partial charge is 0.338 e. The highest BCUT2D eigenvalue weighted by molar-refractivity contribution is 14.1. The molecule has 0 radical (unpaired) electrons. The second kappa shape index (κ2) is 11.5. The van der Waals surface area contributed by atoms with Gasteiger partial charge in [-0.05, 0) is 78.6 Å². The number of hydrogen-bond acceptors (Lipinski definition) is 7. The first-order valence-electron chi connectivity index (χ1n) is 10.9. The van der Waals surface area contributed by atoms with E-state index in [1.807, 2.05) is 48.6 Å². The molecule has 1 atom stereocenters. The van der Waals surface area contributed by atoms with E-state index in [0.717, 1.165) is 19.9 Å². The molecule has 0 aromatic heterocycles. The van der Waals surface area contributed by atoms with E-state index in [4.69, 9.17) is 37.4 Å². The van der Waals surface area contributed by atoms with Gasteiger partial charge in [-0.2, -0.15) is 0 Å². The van der Waals surface area contributed by atoms with Crippen LogP contribution in [-0.2, 0) is 16.1 Å². The minimum atomic E-state index is -0.403. The number of esters is 1. The lowest BCUT2D eigenvalue weighted by molar-refractivity contribution is -0.139. The molecule has 0 aliphatic carbocycles. The molecular formula is C25H23Cl2IN2O4S. The van der Waals surface area contributed by atoms with Gasteiger partial charge >= 0.3 is 5.97 Å². The molecule has 2 aliphatic rings. The number of fused-ring (bicyclic) bond motifs is 1. The third-order valence-electron chi connectivity index (χ3n) is 5.35. The number of hydrogen-bond donors (Lipinski definition) is 0. The summed E-state index contributed by atoms with van der Waals surface area (Å²) < 4.78 is 18.4. The predicted octanol–water partition coefficient (Wildman–Crippen LogP) is 7.34. The van der Waals surface area contributed by atoms with Gasteiger partial charge in [0.2, 0.25) is 0 Å². The lowest BCUT2D eigenvalue weighted by Crippen LogP contribution is -2.34. The van der Waals surface area contributed by atoms with Crippen LogP contribution in [0.5, 0.6) is 11.5 Å². The van der Waals surface area contributed by atoms with Gasteiger partial charge in [0.1, 0.15) is 6.61 Å². The van der Waals surface area contributed by atoms with Gasteiger partial charge in [-0.15, -0.1) is 0 Å². The summed E-state index contributed by atoms with van der Waals surface area (Å²) in [6.45, 7) is 6.54. The van der Waals surface area contributed by atoms with Crippen molar-refractivity contribution in [2.45, 2.75) is 33.4 Å². The van der Waals surface area contributed by atoms with Gasteiger partial charge in [-0.25, -0.2) is 9.79 Å². The maximum absolute atomic E-state index is 13.0. The Balaban J connectivity index is 1.73. The molecule has 0 bridgehead atoms. The van der Waals surface area contributed by atoms with Crippen LogP contribution in [0.4, 0.5) is 0 Å². The van der Waals surface area contributed by atoms with E-state index in [-0.39, 0.29) is 19.2 Å². The molecule has 0 saturated heterocycles. The molecular weight excluding hydrogens is 622 g/mol. The van der Waals surface area contributed by atoms with Crippen molar-refractivity contribution in [2.24, 2.45) is 4.99 Å². The number of carbonyl (C=O) groups is 1.